The topological polar surface area (TPSA) is 70.9 Å². The van der Waals surface area contributed by atoms with Crippen LogP contribution in [-0.2, 0) is 7.05 Å². The SMILES string of the molecule is CC(C)c1nn(C)c(N(C)C(C)CC#N)c1N. The monoisotopic (exact) mass is 235 g/mol. The number of rotatable bonds is 4. The van der Waals surface area contributed by atoms with E-state index >= 15 is 0 Å². The minimum absolute atomic E-state index is 0.123. The molecule has 5 nitrogen and oxygen atoms in total. The summed E-state index contributed by atoms with van der Waals surface area (Å²) in [5.74, 6) is 1.19. The van der Waals surface area contributed by atoms with Crippen molar-refractivity contribution in [3.63, 3.8) is 0 Å². The molecule has 0 saturated heterocycles. The molecule has 94 valence electrons. The van der Waals surface area contributed by atoms with Crippen LogP contribution in [-0.4, -0.2) is 22.9 Å². The summed E-state index contributed by atoms with van der Waals surface area (Å²) in [5, 5.41) is 13.2. The van der Waals surface area contributed by atoms with Gasteiger partial charge in [-0.2, -0.15) is 10.4 Å². The Morgan fingerprint density at radius 3 is 2.47 bits per heavy atom. The maximum absolute atomic E-state index is 8.73. The summed E-state index contributed by atoms with van der Waals surface area (Å²) in [7, 11) is 3.83. The van der Waals surface area contributed by atoms with Crippen LogP contribution in [0.25, 0.3) is 0 Å². The average Bonchev–Trinajstić information content (AvgIpc) is 2.54. The number of aromatic nitrogens is 2. The first-order valence-corrected chi connectivity index (χ1v) is 5.82. The molecule has 0 bridgehead atoms. The molecule has 0 fully saturated rings. The van der Waals surface area contributed by atoms with E-state index in [0.29, 0.717) is 12.3 Å². The van der Waals surface area contributed by atoms with E-state index in [0.717, 1.165) is 17.2 Å². The van der Waals surface area contributed by atoms with E-state index in [1.807, 2.05) is 25.9 Å². The van der Waals surface area contributed by atoms with Gasteiger partial charge in [-0.1, -0.05) is 13.8 Å². The van der Waals surface area contributed by atoms with E-state index in [9.17, 15) is 0 Å². The molecule has 5 heteroatoms. The van der Waals surface area contributed by atoms with Crippen molar-refractivity contribution in [1.29, 1.82) is 5.26 Å². The Hall–Kier alpha value is -1.70. The van der Waals surface area contributed by atoms with Crippen molar-refractivity contribution in [2.24, 2.45) is 7.05 Å². The molecule has 1 aromatic rings. The number of nitrogens with two attached hydrogens (primary N) is 1. The Morgan fingerprint density at radius 2 is 2.06 bits per heavy atom. The quantitative estimate of drug-likeness (QED) is 0.864. The van der Waals surface area contributed by atoms with Crippen molar-refractivity contribution in [2.45, 2.75) is 39.2 Å². The zero-order valence-corrected chi connectivity index (χ0v) is 11.2. The molecule has 1 aromatic heterocycles. The highest BCUT2D eigenvalue weighted by molar-refractivity contribution is 5.67. The number of anilines is 2. The largest absolute Gasteiger partial charge is 0.394 e. The molecule has 0 spiro atoms. The molecule has 0 aliphatic carbocycles. The molecule has 1 unspecified atom stereocenters. The number of nitrogens with zero attached hydrogens (tertiary/aromatic N) is 4. The highest BCUT2D eigenvalue weighted by Gasteiger charge is 2.21. The van der Waals surface area contributed by atoms with Gasteiger partial charge in [-0.05, 0) is 12.8 Å². The van der Waals surface area contributed by atoms with Gasteiger partial charge in [0.2, 0.25) is 0 Å². The van der Waals surface area contributed by atoms with Gasteiger partial charge in [0.15, 0.2) is 0 Å². The first-order valence-electron chi connectivity index (χ1n) is 5.82. The van der Waals surface area contributed by atoms with E-state index in [1.54, 1.807) is 4.68 Å². The van der Waals surface area contributed by atoms with Crippen LogP contribution in [0.3, 0.4) is 0 Å². The lowest BCUT2D eigenvalue weighted by Crippen LogP contribution is -2.30. The Labute approximate surface area is 103 Å². The van der Waals surface area contributed by atoms with Crippen LogP contribution >= 0.6 is 0 Å². The molecule has 0 amide bonds. The minimum Gasteiger partial charge on any atom is -0.394 e. The minimum atomic E-state index is 0.123. The van der Waals surface area contributed by atoms with Gasteiger partial charge in [0.1, 0.15) is 5.82 Å². The van der Waals surface area contributed by atoms with Gasteiger partial charge in [-0.25, -0.2) is 0 Å². The van der Waals surface area contributed by atoms with E-state index in [-0.39, 0.29) is 6.04 Å². The molecule has 17 heavy (non-hydrogen) atoms. The lowest BCUT2D eigenvalue weighted by molar-refractivity contribution is 0.649. The molecule has 1 heterocycles. The molecule has 2 N–H and O–H groups in total. The first kappa shape index (κ1) is 13.4. The standard InChI is InChI=1S/C12H21N5/c1-8(2)11-10(14)12(17(5)15-11)16(4)9(3)6-7-13/h8-9H,6,14H2,1-5H3. The van der Waals surface area contributed by atoms with Crippen LogP contribution in [0.1, 0.15) is 38.8 Å². The molecule has 0 saturated carbocycles. The van der Waals surface area contributed by atoms with E-state index < -0.39 is 0 Å². The molecule has 1 atom stereocenters. The van der Waals surface area contributed by atoms with E-state index in [4.69, 9.17) is 11.0 Å². The van der Waals surface area contributed by atoms with Crippen molar-refractivity contribution in [1.82, 2.24) is 9.78 Å². The third-order valence-corrected chi connectivity index (χ3v) is 3.01. The van der Waals surface area contributed by atoms with Gasteiger partial charge in [-0.3, -0.25) is 4.68 Å². The highest BCUT2D eigenvalue weighted by Crippen LogP contribution is 2.31. The average molecular weight is 235 g/mol. The van der Waals surface area contributed by atoms with E-state index in [1.165, 1.54) is 0 Å². The lowest BCUT2D eigenvalue weighted by atomic mass is 10.1. The Bertz CT molecular complexity index is 427. The van der Waals surface area contributed by atoms with Gasteiger partial charge < -0.3 is 10.6 Å². The predicted octanol–water partition coefficient (Wildman–Crippen LogP) is 1.86. The van der Waals surface area contributed by atoms with Crippen LogP contribution in [0.2, 0.25) is 0 Å². The molecule has 1 rings (SSSR count). The van der Waals surface area contributed by atoms with Crippen LogP contribution in [0, 0.1) is 11.3 Å². The molecular weight excluding hydrogens is 214 g/mol. The second-order valence-corrected chi connectivity index (χ2v) is 4.72. The number of nitrogen functional groups attached to an aromatic ring is 1. The third kappa shape index (κ3) is 2.52. The van der Waals surface area contributed by atoms with Crippen molar-refractivity contribution >= 4 is 11.5 Å². The number of hydrogen-bond donors (Lipinski definition) is 1. The number of hydrogen-bond acceptors (Lipinski definition) is 4. The van der Waals surface area contributed by atoms with Gasteiger partial charge in [-0.15, -0.1) is 0 Å². The van der Waals surface area contributed by atoms with Crippen molar-refractivity contribution in [3.05, 3.63) is 5.69 Å². The zero-order valence-electron chi connectivity index (χ0n) is 11.2. The normalized spacial score (nSPS) is 12.5. The molecular formula is C12H21N5. The Kier molecular flexibility index (Phi) is 4.00. The Morgan fingerprint density at radius 1 is 1.47 bits per heavy atom. The first-order chi connectivity index (χ1) is 7.90. The number of aryl methyl sites for hydroxylation is 1. The lowest BCUT2D eigenvalue weighted by Gasteiger charge is -2.25. The smallest absolute Gasteiger partial charge is 0.150 e. The predicted molar refractivity (Wildman–Crippen MR) is 69.8 cm³/mol. The molecule has 0 aliphatic heterocycles. The second-order valence-electron chi connectivity index (χ2n) is 4.72. The van der Waals surface area contributed by atoms with Crippen molar-refractivity contribution < 1.29 is 0 Å². The summed E-state index contributed by atoms with van der Waals surface area (Å²) < 4.78 is 1.79. The molecule has 0 radical (unpaired) electrons. The van der Waals surface area contributed by atoms with Crippen LogP contribution in [0.4, 0.5) is 11.5 Å². The Balaban J connectivity index is 3.10. The fourth-order valence-corrected chi connectivity index (χ4v) is 1.87. The van der Waals surface area contributed by atoms with Crippen LogP contribution in [0.5, 0.6) is 0 Å². The number of nitriles is 1. The highest BCUT2D eigenvalue weighted by atomic mass is 15.4. The maximum atomic E-state index is 8.73. The van der Waals surface area contributed by atoms with Crippen LogP contribution in [0.15, 0.2) is 0 Å². The van der Waals surface area contributed by atoms with Gasteiger partial charge in [0.25, 0.3) is 0 Å². The summed E-state index contributed by atoms with van der Waals surface area (Å²) >= 11 is 0. The summed E-state index contributed by atoms with van der Waals surface area (Å²) in [6.07, 6.45) is 0.470. The van der Waals surface area contributed by atoms with Gasteiger partial charge in [0, 0.05) is 20.1 Å². The molecule has 0 aromatic carbocycles. The van der Waals surface area contributed by atoms with Gasteiger partial charge in [0.05, 0.1) is 23.9 Å². The fraction of sp³-hybridized carbons (Fsp3) is 0.667. The van der Waals surface area contributed by atoms with Gasteiger partial charge >= 0.3 is 0 Å². The van der Waals surface area contributed by atoms with Crippen LogP contribution < -0.4 is 10.6 Å². The maximum Gasteiger partial charge on any atom is 0.150 e. The van der Waals surface area contributed by atoms with Crippen molar-refractivity contribution in [3.8, 4) is 6.07 Å². The van der Waals surface area contributed by atoms with E-state index in [2.05, 4.69) is 25.0 Å². The summed E-state index contributed by atoms with van der Waals surface area (Å²) in [6.45, 7) is 6.15. The molecule has 0 aliphatic rings. The summed E-state index contributed by atoms with van der Waals surface area (Å²) in [4.78, 5) is 2.01. The zero-order chi connectivity index (χ0) is 13.2. The second kappa shape index (κ2) is 5.09. The third-order valence-electron chi connectivity index (χ3n) is 3.01. The summed E-state index contributed by atoms with van der Waals surface area (Å²) in [5.41, 5.74) is 7.76. The fourth-order valence-electron chi connectivity index (χ4n) is 1.87. The van der Waals surface area contributed by atoms with Crippen molar-refractivity contribution in [2.75, 3.05) is 17.7 Å². The summed E-state index contributed by atoms with van der Waals surface area (Å²) in [6, 6.07) is 2.30.